The molecule has 0 aliphatic carbocycles. The second-order valence-electron chi connectivity index (χ2n) is 6.54. The van der Waals surface area contributed by atoms with Crippen molar-refractivity contribution >= 4 is 29.2 Å². The summed E-state index contributed by atoms with van der Waals surface area (Å²) in [7, 11) is 1.87. The molecule has 2 N–H and O–H groups in total. The summed E-state index contributed by atoms with van der Waals surface area (Å²) in [5.74, 6) is -0.798. The van der Waals surface area contributed by atoms with Gasteiger partial charge in [0.1, 0.15) is 0 Å². The molecule has 1 aliphatic heterocycles. The molecule has 0 aromatic heterocycles. The van der Waals surface area contributed by atoms with Gasteiger partial charge in [0.25, 0.3) is 0 Å². The molecule has 7 heteroatoms. The van der Waals surface area contributed by atoms with Crippen LogP contribution >= 0.6 is 11.6 Å². The standard InChI is InChI=1S/C18H26ClN3O3/c1-21(13-18(24)25)16-3-2-10-22(11-8-16)12-9-17(23)20-15-6-4-14(19)5-7-15/h4-7,16H,2-3,8-13H2,1H3,(H,20,23)(H,24,25). The van der Waals surface area contributed by atoms with Gasteiger partial charge in [-0.2, -0.15) is 0 Å². The molecule has 0 bridgehead atoms. The number of halogens is 1. The molecule has 0 radical (unpaired) electrons. The number of benzene rings is 1. The number of carboxylic acids is 1. The van der Waals surface area contributed by atoms with E-state index in [9.17, 15) is 9.59 Å². The largest absolute Gasteiger partial charge is 0.480 e. The fraction of sp³-hybridized carbons (Fsp3) is 0.556. The molecular formula is C18H26ClN3O3. The molecular weight excluding hydrogens is 342 g/mol. The molecule has 1 unspecified atom stereocenters. The van der Waals surface area contributed by atoms with Gasteiger partial charge >= 0.3 is 5.97 Å². The van der Waals surface area contributed by atoms with Crippen molar-refractivity contribution in [2.24, 2.45) is 0 Å². The average molecular weight is 368 g/mol. The van der Waals surface area contributed by atoms with Gasteiger partial charge in [-0.3, -0.25) is 14.5 Å². The SMILES string of the molecule is CN(CC(=O)O)C1CCCN(CCC(=O)Nc2ccc(Cl)cc2)CC1. The summed E-state index contributed by atoms with van der Waals surface area (Å²) >= 11 is 5.83. The summed E-state index contributed by atoms with van der Waals surface area (Å²) in [5, 5.41) is 12.4. The van der Waals surface area contributed by atoms with Gasteiger partial charge in [-0.15, -0.1) is 0 Å². The number of carbonyl (C=O) groups excluding carboxylic acids is 1. The molecule has 0 saturated carbocycles. The number of nitrogens with zero attached hydrogens (tertiary/aromatic N) is 2. The summed E-state index contributed by atoms with van der Waals surface area (Å²) in [6, 6.07) is 7.37. The average Bonchev–Trinajstić information content (AvgIpc) is 2.80. The second-order valence-corrected chi connectivity index (χ2v) is 6.98. The summed E-state index contributed by atoms with van der Waals surface area (Å²) in [6.07, 6.45) is 3.39. The first-order chi connectivity index (χ1) is 11.9. The molecule has 2 rings (SSSR count). The maximum absolute atomic E-state index is 12.1. The molecule has 25 heavy (non-hydrogen) atoms. The molecule has 1 amide bonds. The van der Waals surface area contributed by atoms with Crippen LogP contribution in [0.5, 0.6) is 0 Å². The summed E-state index contributed by atoms with van der Waals surface area (Å²) in [6.45, 7) is 2.64. The Kier molecular flexibility index (Phi) is 7.68. The van der Waals surface area contributed by atoms with Crippen molar-refractivity contribution in [3.8, 4) is 0 Å². The fourth-order valence-electron chi connectivity index (χ4n) is 3.16. The number of likely N-dealkylation sites (N-methyl/N-ethyl adjacent to an activating group) is 1. The number of amides is 1. The number of carboxylic acid groups (broad SMARTS) is 1. The van der Waals surface area contributed by atoms with E-state index in [4.69, 9.17) is 16.7 Å². The Morgan fingerprint density at radius 3 is 2.68 bits per heavy atom. The van der Waals surface area contributed by atoms with E-state index in [-0.39, 0.29) is 12.5 Å². The summed E-state index contributed by atoms with van der Waals surface area (Å²) in [4.78, 5) is 27.1. The van der Waals surface area contributed by atoms with E-state index in [2.05, 4.69) is 10.2 Å². The lowest BCUT2D eigenvalue weighted by atomic mass is 10.1. The Balaban J connectivity index is 1.73. The van der Waals surface area contributed by atoms with Crippen molar-refractivity contribution in [3.05, 3.63) is 29.3 Å². The third-order valence-electron chi connectivity index (χ3n) is 4.58. The van der Waals surface area contributed by atoms with Crippen molar-refractivity contribution in [1.29, 1.82) is 0 Å². The normalized spacial score (nSPS) is 18.8. The lowest BCUT2D eigenvalue weighted by molar-refractivity contribution is -0.138. The van der Waals surface area contributed by atoms with Crippen LogP contribution in [0.2, 0.25) is 5.02 Å². The highest BCUT2D eigenvalue weighted by atomic mass is 35.5. The van der Waals surface area contributed by atoms with Crippen molar-refractivity contribution in [2.45, 2.75) is 31.7 Å². The molecule has 1 aliphatic rings. The number of hydrogen-bond acceptors (Lipinski definition) is 4. The number of hydrogen-bond donors (Lipinski definition) is 2. The lowest BCUT2D eigenvalue weighted by Gasteiger charge is -2.25. The van der Waals surface area contributed by atoms with E-state index in [1.165, 1.54) is 0 Å². The molecule has 1 fully saturated rings. The highest BCUT2D eigenvalue weighted by molar-refractivity contribution is 6.30. The van der Waals surface area contributed by atoms with Gasteiger partial charge in [-0.05, 0) is 63.7 Å². The summed E-state index contributed by atoms with van der Waals surface area (Å²) < 4.78 is 0. The number of rotatable bonds is 7. The quantitative estimate of drug-likeness (QED) is 0.774. The van der Waals surface area contributed by atoms with Crippen LogP contribution in [-0.4, -0.2) is 66.1 Å². The Morgan fingerprint density at radius 2 is 2.00 bits per heavy atom. The zero-order chi connectivity index (χ0) is 18.2. The lowest BCUT2D eigenvalue weighted by Crippen LogP contribution is -2.36. The van der Waals surface area contributed by atoms with Crippen LogP contribution in [-0.2, 0) is 9.59 Å². The van der Waals surface area contributed by atoms with E-state index in [0.717, 1.165) is 44.6 Å². The smallest absolute Gasteiger partial charge is 0.317 e. The van der Waals surface area contributed by atoms with Gasteiger partial charge in [-0.25, -0.2) is 0 Å². The highest BCUT2D eigenvalue weighted by Gasteiger charge is 2.21. The van der Waals surface area contributed by atoms with Crippen LogP contribution in [0, 0.1) is 0 Å². The van der Waals surface area contributed by atoms with Crippen LogP contribution in [0.15, 0.2) is 24.3 Å². The number of carbonyl (C=O) groups is 2. The Labute approximate surface area is 153 Å². The van der Waals surface area contributed by atoms with Gasteiger partial charge in [-0.1, -0.05) is 11.6 Å². The molecule has 6 nitrogen and oxygen atoms in total. The summed E-state index contributed by atoms with van der Waals surface area (Å²) in [5.41, 5.74) is 0.751. The van der Waals surface area contributed by atoms with Gasteiger partial charge in [0.2, 0.25) is 5.91 Å². The predicted molar refractivity (Wildman–Crippen MR) is 99.0 cm³/mol. The Bertz CT molecular complexity index is 579. The molecule has 138 valence electrons. The van der Waals surface area contributed by atoms with E-state index < -0.39 is 5.97 Å². The first-order valence-electron chi connectivity index (χ1n) is 8.64. The molecule has 1 atom stereocenters. The monoisotopic (exact) mass is 367 g/mol. The second kappa shape index (κ2) is 9.75. The fourth-order valence-corrected chi connectivity index (χ4v) is 3.29. The molecule has 1 aromatic carbocycles. The predicted octanol–water partition coefficient (Wildman–Crippen LogP) is 2.54. The molecule has 1 heterocycles. The van der Waals surface area contributed by atoms with Gasteiger partial charge < -0.3 is 15.3 Å². The van der Waals surface area contributed by atoms with Crippen LogP contribution < -0.4 is 5.32 Å². The van der Waals surface area contributed by atoms with Crippen LogP contribution in [0.3, 0.4) is 0 Å². The zero-order valence-corrected chi connectivity index (χ0v) is 15.3. The van der Waals surface area contributed by atoms with E-state index >= 15 is 0 Å². The van der Waals surface area contributed by atoms with E-state index in [1.807, 2.05) is 11.9 Å². The maximum atomic E-state index is 12.1. The van der Waals surface area contributed by atoms with Crippen LogP contribution in [0.4, 0.5) is 5.69 Å². The minimum absolute atomic E-state index is 0.00823. The van der Waals surface area contributed by atoms with Crippen molar-refractivity contribution in [1.82, 2.24) is 9.80 Å². The number of anilines is 1. The van der Waals surface area contributed by atoms with Gasteiger partial charge in [0, 0.05) is 29.7 Å². The minimum Gasteiger partial charge on any atom is -0.480 e. The van der Waals surface area contributed by atoms with E-state index in [1.54, 1.807) is 24.3 Å². The van der Waals surface area contributed by atoms with Crippen molar-refractivity contribution in [3.63, 3.8) is 0 Å². The van der Waals surface area contributed by atoms with Crippen LogP contribution in [0.25, 0.3) is 0 Å². The number of aliphatic carboxylic acids is 1. The van der Waals surface area contributed by atoms with Gasteiger partial charge in [0.15, 0.2) is 0 Å². The van der Waals surface area contributed by atoms with E-state index in [0.29, 0.717) is 17.5 Å². The van der Waals surface area contributed by atoms with Crippen LogP contribution in [0.1, 0.15) is 25.7 Å². The first-order valence-corrected chi connectivity index (χ1v) is 9.01. The maximum Gasteiger partial charge on any atom is 0.317 e. The number of likely N-dealkylation sites (tertiary alicyclic amines) is 1. The van der Waals surface area contributed by atoms with Crippen molar-refractivity contribution < 1.29 is 14.7 Å². The first kappa shape index (κ1) is 19.7. The van der Waals surface area contributed by atoms with Crippen molar-refractivity contribution in [2.75, 3.05) is 38.5 Å². The minimum atomic E-state index is -0.789. The number of nitrogens with one attached hydrogen (secondary N) is 1. The Morgan fingerprint density at radius 1 is 1.28 bits per heavy atom. The zero-order valence-electron chi connectivity index (χ0n) is 14.6. The third-order valence-corrected chi connectivity index (χ3v) is 4.83. The molecule has 0 spiro atoms. The highest BCUT2D eigenvalue weighted by Crippen LogP contribution is 2.17. The molecule has 1 aromatic rings. The van der Waals surface area contributed by atoms with Gasteiger partial charge in [0.05, 0.1) is 6.54 Å². The third kappa shape index (κ3) is 7.02. The Hall–Kier alpha value is -1.63. The topological polar surface area (TPSA) is 72.9 Å². The molecule has 1 saturated heterocycles.